The van der Waals surface area contributed by atoms with Crippen molar-refractivity contribution >= 4 is 23.2 Å². The normalized spacial score (nSPS) is 18.3. The number of ether oxygens (including phenoxy) is 1. The van der Waals surface area contributed by atoms with Gasteiger partial charge in [-0.05, 0) is 36.6 Å². The van der Waals surface area contributed by atoms with Crippen molar-refractivity contribution in [3.8, 4) is 17.1 Å². The molecule has 1 saturated heterocycles. The van der Waals surface area contributed by atoms with Gasteiger partial charge in [0.15, 0.2) is 23.1 Å². The third kappa shape index (κ3) is 5.57. The van der Waals surface area contributed by atoms with E-state index in [4.69, 9.17) is 11.5 Å². The second-order valence-corrected chi connectivity index (χ2v) is 8.09. The molecule has 0 aromatic carbocycles. The predicted octanol–water partition coefficient (Wildman–Crippen LogP) is 2.84. The van der Waals surface area contributed by atoms with E-state index in [1.54, 1.807) is 6.07 Å². The summed E-state index contributed by atoms with van der Waals surface area (Å²) in [6.07, 6.45) is -0.247. The van der Waals surface area contributed by atoms with Crippen molar-refractivity contribution in [2.24, 2.45) is 11.7 Å². The molecule has 0 saturated carbocycles. The van der Waals surface area contributed by atoms with Gasteiger partial charge in [-0.3, -0.25) is 9.78 Å². The fraction of sp³-hybridized carbons (Fsp3) is 0.318. The van der Waals surface area contributed by atoms with Crippen LogP contribution >= 0.6 is 0 Å². The number of pyridine rings is 2. The van der Waals surface area contributed by atoms with Gasteiger partial charge in [-0.1, -0.05) is 6.92 Å². The number of nitrogens with two attached hydrogens (primary N) is 2. The molecule has 184 valence electrons. The summed E-state index contributed by atoms with van der Waals surface area (Å²) in [4.78, 5) is 31.4. The van der Waals surface area contributed by atoms with Crippen LogP contribution in [-0.4, -0.2) is 51.3 Å². The molecule has 10 nitrogen and oxygen atoms in total. The second kappa shape index (κ2) is 9.70. The Balaban J connectivity index is 1.62. The molecule has 1 aliphatic rings. The molecule has 1 amide bonds. The van der Waals surface area contributed by atoms with Gasteiger partial charge >= 0.3 is 6.36 Å². The molecular weight excluding hydrogens is 465 g/mol. The largest absolute Gasteiger partial charge is 0.573 e. The minimum Gasteiger partial charge on any atom is -0.403 e. The summed E-state index contributed by atoms with van der Waals surface area (Å²) in [7, 11) is 0. The van der Waals surface area contributed by atoms with Crippen LogP contribution < -0.4 is 26.4 Å². The van der Waals surface area contributed by atoms with Gasteiger partial charge in [-0.25, -0.2) is 15.0 Å². The van der Waals surface area contributed by atoms with E-state index >= 15 is 0 Å². The first-order valence-corrected chi connectivity index (χ1v) is 10.7. The Labute approximate surface area is 198 Å². The molecule has 2 atom stereocenters. The summed E-state index contributed by atoms with van der Waals surface area (Å²) >= 11 is 0. The number of rotatable bonds is 5. The van der Waals surface area contributed by atoms with Crippen LogP contribution in [0, 0.1) is 5.92 Å². The highest BCUT2D eigenvalue weighted by Gasteiger charge is 2.33. The van der Waals surface area contributed by atoms with Crippen LogP contribution in [0.2, 0.25) is 0 Å². The third-order valence-corrected chi connectivity index (χ3v) is 5.59. The van der Waals surface area contributed by atoms with E-state index in [0.717, 1.165) is 18.7 Å². The van der Waals surface area contributed by atoms with Crippen LogP contribution in [0.25, 0.3) is 11.4 Å². The number of anilines is 3. The van der Waals surface area contributed by atoms with E-state index in [0.29, 0.717) is 18.8 Å². The summed E-state index contributed by atoms with van der Waals surface area (Å²) in [5.41, 5.74) is 12.0. The number of alkyl halides is 3. The van der Waals surface area contributed by atoms with Gasteiger partial charge in [0.2, 0.25) is 0 Å². The Morgan fingerprint density at radius 3 is 2.69 bits per heavy atom. The molecule has 0 bridgehead atoms. The lowest BCUT2D eigenvalue weighted by molar-refractivity contribution is -0.274. The molecule has 4 heterocycles. The first kappa shape index (κ1) is 24.1. The molecule has 1 aliphatic heterocycles. The van der Waals surface area contributed by atoms with E-state index in [2.05, 4.69) is 41.8 Å². The standard InChI is InChI=1S/C22H23F3N8O2/c1-12-11-33(9-6-13(12)26)15-4-2-8-29-20(15)32-21(34)18-19(27)30-10-14(31-18)17-16(5-3-7-28-17)35-22(23,24)25/h2-5,7-8,10,12-13H,6,9,11,26H2,1H3,(H2,27,30)(H,29,32,34). The van der Waals surface area contributed by atoms with E-state index in [1.165, 1.54) is 18.5 Å². The highest BCUT2D eigenvalue weighted by atomic mass is 19.4. The predicted molar refractivity (Wildman–Crippen MR) is 123 cm³/mol. The molecule has 0 radical (unpaired) electrons. The molecule has 0 spiro atoms. The first-order valence-electron chi connectivity index (χ1n) is 10.7. The quantitative estimate of drug-likeness (QED) is 0.493. The number of nitrogens with zero attached hydrogens (tertiary/aromatic N) is 5. The maximum atomic E-state index is 13.1. The fourth-order valence-corrected chi connectivity index (χ4v) is 3.77. The fourth-order valence-electron chi connectivity index (χ4n) is 3.77. The lowest BCUT2D eigenvalue weighted by Crippen LogP contribution is -2.46. The zero-order valence-corrected chi connectivity index (χ0v) is 18.7. The minimum atomic E-state index is -4.94. The van der Waals surface area contributed by atoms with Gasteiger partial charge in [0.1, 0.15) is 11.4 Å². The molecular formula is C22H23F3N8O2. The molecule has 0 aliphatic carbocycles. The zero-order chi connectivity index (χ0) is 25.2. The average Bonchev–Trinajstić information content (AvgIpc) is 2.81. The Hall–Kier alpha value is -4.00. The summed E-state index contributed by atoms with van der Waals surface area (Å²) in [6.45, 7) is 3.44. The molecule has 2 unspecified atom stereocenters. The van der Waals surface area contributed by atoms with E-state index < -0.39 is 18.0 Å². The van der Waals surface area contributed by atoms with Gasteiger partial charge in [0.05, 0.1) is 11.9 Å². The number of nitrogen functional groups attached to an aromatic ring is 1. The van der Waals surface area contributed by atoms with Gasteiger partial charge in [-0.15, -0.1) is 13.2 Å². The van der Waals surface area contributed by atoms with Crippen molar-refractivity contribution in [1.82, 2.24) is 19.9 Å². The van der Waals surface area contributed by atoms with Crippen LogP contribution in [-0.2, 0) is 0 Å². The van der Waals surface area contributed by atoms with Crippen LogP contribution in [0.3, 0.4) is 0 Å². The molecule has 5 N–H and O–H groups in total. The Kier molecular flexibility index (Phi) is 6.69. The lowest BCUT2D eigenvalue weighted by Gasteiger charge is -2.37. The van der Waals surface area contributed by atoms with Gasteiger partial charge < -0.3 is 26.4 Å². The summed E-state index contributed by atoms with van der Waals surface area (Å²) in [5, 5.41) is 2.69. The maximum absolute atomic E-state index is 13.1. The number of carbonyl (C=O) groups is 1. The number of hydrogen-bond acceptors (Lipinski definition) is 9. The topological polar surface area (TPSA) is 145 Å². The van der Waals surface area contributed by atoms with Gasteiger partial charge in [-0.2, -0.15) is 0 Å². The number of halogens is 3. The van der Waals surface area contributed by atoms with Gasteiger partial charge in [0, 0.05) is 31.5 Å². The van der Waals surface area contributed by atoms with E-state index in [9.17, 15) is 18.0 Å². The Bertz CT molecular complexity index is 1220. The number of carbonyl (C=O) groups excluding carboxylic acids is 1. The van der Waals surface area contributed by atoms with Crippen molar-refractivity contribution in [2.75, 3.05) is 29.0 Å². The number of hydrogen-bond donors (Lipinski definition) is 3. The molecule has 4 rings (SSSR count). The van der Waals surface area contributed by atoms with E-state index in [-0.39, 0.29) is 40.7 Å². The SMILES string of the molecule is CC1CN(c2cccnc2NC(=O)c2nc(-c3ncccc3OC(F)(F)F)cnc2N)CCC1N. The molecule has 1 fully saturated rings. The average molecular weight is 488 g/mol. The number of piperidine rings is 1. The van der Waals surface area contributed by atoms with Crippen molar-refractivity contribution in [2.45, 2.75) is 25.7 Å². The molecule has 3 aromatic heterocycles. The van der Waals surface area contributed by atoms with Crippen LogP contribution in [0.1, 0.15) is 23.8 Å². The van der Waals surface area contributed by atoms with Crippen molar-refractivity contribution in [1.29, 1.82) is 0 Å². The number of aromatic nitrogens is 4. The monoisotopic (exact) mass is 488 g/mol. The zero-order valence-electron chi connectivity index (χ0n) is 18.7. The van der Waals surface area contributed by atoms with E-state index in [1.807, 2.05) is 6.07 Å². The number of amides is 1. The smallest absolute Gasteiger partial charge is 0.403 e. The Morgan fingerprint density at radius 1 is 1.20 bits per heavy atom. The van der Waals surface area contributed by atoms with Crippen LogP contribution in [0.4, 0.5) is 30.5 Å². The molecule has 3 aromatic rings. The summed E-state index contributed by atoms with van der Waals surface area (Å²) < 4.78 is 42.4. The molecule has 13 heteroatoms. The number of nitrogens with one attached hydrogen (secondary N) is 1. The van der Waals surface area contributed by atoms with Crippen molar-refractivity contribution in [3.05, 3.63) is 48.5 Å². The molecule has 35 heavy (non-hydrogen) atoms. The highest BCUT2D eigenvalue weighted by Crippen LogP contribution is 2.32. The van der Waals surface area contributed by atoms with Gasteiger partial charge in [0.25, 0.3) is 5.91 Å². The summed E-state index contributed by atoms with van der Waals surface area (Å²) in [6, 6.07) is 6.03. The summed E-state index contributed by atoms with van der Waals surface area (Å²) in [5.74, 6) is -0.999. The van der Waals surface area contributed by atoms with Crippen LogP contribution in [0.5, 0.6) is 5.75 Å². The Morgan fingerprint density at radius 2 is 1.94 bits per heavy atom. The minimum absolute atomic E-state index is 0.0941. The maximum Gasteiger partial charge on any atom is 0.573 e. The van der Waals surface area contributed by atoms with Crippen molar-refractivity contribution < 1.29 is 22.7 Å². The lowest BCUT2D eigenvalue weighted by atomic mass is 9.94. The highest BCUT2D eigenvalue weighted by molar-refractivity contribution is 6.06. The second-order valence-electron chi connectivity index (χ2n) is 8.09. The van der Waals surface area contributed by atoms with Crippen molar-refractivity contribution in [3.63, 3.8) is 0 Å². The van der Waals surface area contributed by atoms with Crippen LogP contribution in [0.15, 0.2) is 42.9 Å². The first-order chi connectivity index (χ1) is 16.6. The third-order valence-electron chi connectivity index (χ3n) is 5.59.